The number of carbonyl (C=O) groups excluding carboxylic acids is 1. The number of nitrogens with zero attached hydrogens (tertiary/aromatic N) is 1. The number of hydrogen-bond donors (Lipinski definition) is 2. The van der Waals surface area contributed by atoms with Crippen LogP contribution in [0.1, 0.15) is 32.3 Å². The van der Waals surface area contributed by atoms with Gasteiger partial charge in [0.1, 0.15) is 0 Å². The summed E-state index contributed by atoms with van der Waals surface area (Å²) in [7, 11) is 0. The molecule has 0 bridgehead atoms. The van der Waals surface area contributed by atoms with E-state index in [0.717, 1.165) is 37.2 Å². The highest BCUT2D eigenvalue weighted by molar-refractivity contribution is 5.89. The SMILES string of the molecule is Cc1cccc(NC(=O)NC2CCN(C(C)C)CC2)c1. The van der Waals surface area contributed by atoms with Crippen molar-refractivity contribution in [3.8, 4) is 0 Å². The number of urea groups is 1. The molecule has 1 aromatic rings. The van der Waals surface area contributed by atoms with E-state index in [-0.39, 0.29) is 12.1 Å². The van der Waals surface area contributed by atoms with Crippen LogP contribution in [0.4, 0.5) is 10.5 Å². The summed E-state index contributed by atoms with van der Waals surface area (Å²) in [5.41, 5.74) is 2.00. The van der Waals surface area contributed by atoms with Crippen molar-refractivity contribution in [1.29, 1.82) is 0 Å². The Morgan fingerprint density at radius 1 is 1.30 bits per heavy atom. The Bertz CT molecular complexity index is 451. The van der Waals surface area contributed by atoms with Gasteiger partial charge in [0, 0.05) is 30.9 Å². The van der Waals surface area contributed by atoms with Gasteiger partial charge in [0.15, 0.2) is 0 Å². The summed E-state index contributed by atoms with van der Waals surface area (Å²) in [6.07, 6.45) is 2.05. The van der Waals surface area contributed by atoms with Crippen molar-refractivity contribution in [2.75, 3.05) is 18.4 Å². The van der Waals surface area contributed by atoms with Crippen LogP contribution in [-0.2, 0) is 0 Å². The number of carbonyl (C=O) groups is 1. The van der Waals surface area contributed by atoms with Crippen molar-refractivity contribution in [2.45, 2.75) is 45.7 Å². The molecule has 2 N–H and O–H groups in total. The Morgan fingerprint density at radius 2 is 2.00 bits per heavy atom. The summed E-state index contributed by atoms with van der Waals surface area (Å²) in [6, 6.07) is 8.64. The second-order valence-corrected chi connectivity index (χ2v) is 5.87. The van der Waals surface area contributed by atoms with Gasteiger partial charge < -0.3 is 15.5 Å². The minimum Gasteiger partial charge on any atom is -0.335 e. The van der Waals surface area contributed by atoms with Crippen molar-refractivity contribution in [2.24, 2.45) is 0 Å². The van der Waals surface area contributed by atoms with Gasteiger partial charge in [0.25, 0.3) is 0 Å². The van der Waals surface area contributed by atoms with Gasteiger partial charge in [-0.1, -0.05) is 12.1 Å². The van der Waals surface area contributed by atoms with Crippen LogP contribution >= 0.6 is 0 Å². The van der Waals surface area contributed by atoms with Crippen LogP contribution in [-0.4, -0.2) is 36.1 Å². The summed E-state index contributed by atoms with van der Waals surface area (Å²) in [6.45, 7) is 8.58. The van der Waals surface area contributed by atoms with Crippen molar-refractivity contribution in [1.82, 2.24) is 10.2 Å². The maximum absolute atomic E-state index is 12.0. The van der Waals surface area contributed by atoms with E-state index in [1.165, 1.54) is 0 Å². The van der Waals surface area contributed by atoms with E-state index in [4.69, 9.17) is 0 Å². The molecule has 0 aromatic heterocycles. The standard InChI is InChI=1S/C16H25N3O/c1-12(2)19-9-7-14(8-10-19)17-16(20)18-15-6-4-5-13(3)11-15/h4-6,11-12,14H,7-10H2,1-3H3,(H2,17,18,20). The second kappa shape index (κ2) is 6.75. The average molecular weight is 275 g/mol. The van der Waals surface area contributed by atoms with Gasteiger partial charge in [-0.15, -0.1) is 0 Å². The Labute approximate surface area is 121 Å². The van der Waals surface area contributed by atoms with E-state index in [1.54, 1.807) is 0 Å². The Balaban J connectivity index is 1.78. The third-order valence-corrected chi connectivity index (χ3v) is 3.87. The van der Waals surface area contributed by atoms with Crippen LogP contribution in [0, 0.1) is 6.92 Å². The topological polar surface area (TPSA) is 44.4 Å². The molecule has 0 spiro atoms. The number of piperidine rings is 1. The highest BCUT2D eigenvalue weighted by Crippen LogP contribution is 2.14. The van der Waals surface area contributed by atoms with Gasteiger partial charge in [-0.3, -0.25) is 0 Å². The quantitative estimate of drug-likeness (QED) is 0.890. The molecule has 1 aromatic carbocycles. The van der Waals surface area contributed by atoms with Crippen LogP contribution in [0.25, 0.3) is 0 Å². The molecule has 1 aliphatic rings. The third kappa shape index (κ3) is 4.23. The molecule has 1 heterocycles. The molecular formula is C16H25N3O. The number of aryl methyl sites for hydroxylation is 1. The fourth-order valence-corrected chi connectivity index (χ4v) is 2.64. The molecular weight excluding hydrogens is 250 g/mol. The fraction of sp³-hybridized carbons (Fsp3) is 0.562. The average Bonchev–Trinajstić information content (AvgIpc) is 2.39. The Kier molecular flexibility index (Phi) is 5.01. The van der Waals surface area contributed by atoms with Gasteiger partial charge in [-0.05, 0) is 51.3 Å². The maximum Gasteiger partial charge on any atom is 0.319 e. The molecule has 0 saturated carbocycles. The number of likely N-dealkylation sites (tertiary alicyclic amines) is 1. The van der Waals surface area contributed by atoms with E-state index in [2.05, 4.69) is 29.4 Å². The predicted octanol–water partition coefficient (Wildman–Crippen LogP) is 2.99. The normalized spacial score (nSPS) is 17.2. The van der Waals surface area contributed by atoms with Crippen molar-refractivity contribution in [3.63, 3.8) is 0 Å². The molecule has 1 fully saturated rings. The zero-order valence-electron chi connectivity index (χ0n) is 12.6. The van der Waals surface area contributed by atoms with E-state index < -0.39 is 0 Å². The number of rotatable bonds is 3. The molecule has 0 atom stereocenters. The molecule has 20 heavy (non-hydrogen) atoms. The van der Waals surface area contributed by atoms with Crippen molar-refractivity contribution < 1.29 is 4.79 Å². The van der Waals surface area contributed by atoms with E-state index in [0.29, 0.717) is 6.04 Å². The monoisotopic (exact) mass is 275 g/mol. The zero-order chi connectivity index (χ0) is 14.5. The number of benzene rings is 1. The number of anilines is 1. The third-order valence-electron chi connectivity index (χ3n) is 3.87. The Morgan fingerprint density at radius 3 is 2.60 bits per heavy atom. The highest BCUT2D eigenvalue weighted by Gasteiger charge is 2.21. The molecule has 2 amide bonds. The van der Waals surface area contributed by atoms with E-state index in [9.17, 15) is 4.79 Å². The predicted molar refractivity (Wildman–Crippen MR) is 83.1 cm³/mol. The largest absolute Gasteiger partial charge is 0.335 e. The van der Waals surface area contributed by atoms with E-state index in [1.807, 2.05) is 31.2 Å². The maximum atomic E-state index is 12.0. The minimum absolute atomic E-state index is 0.0985. The molecule has 1 aliphatic heterocycles. The lowest BCUT2D eigenvalue weighted by atomic mass is 10.0. The summed E-state index contributed by atoms with van der Waals surface area (Å²) < 4.78 is 0. The first-order valence-corrected chi connectivity index (χ1v) is 7.43. The van der Waals surface area contributed by atoms with Crippen LogP contribution < -0.4 is 10.6 Å². The van der Waals surface area contributed by atoms with Gasteiger partial charge in [0.2, 0.25) is 0 Å². The summed E-state index contributed by atoms with van der Waals surface area (Å²) >= 11 is 0. The van der Waals surface area contributed by atoms with Crippen molar-refractivity contribution in [3.05, 3.63) is 29.8 Å². The van der Waals surface area contributed by atoms with Crippen molar-refractivity contribution >= 4 is 11.7 Å². The van der Waals surface area contributed by atoms with E-state index >= 15 is 0 Å². The lowest BCUT2D eigenvalue weighted by Crippen LogP contribution is -2.47. The fourth-order valence-electron chi connectivity index (χ4n) is 2.64. The smallest absolute Gasteiger partial charge is 0.319 e. The molecule has 1 saturated heterocycles. The summed E-state index contributed by atoms with van der Waals surface area (Å²) in [4.78, 5) is 14.4. The molecule has 2 rings (SSSR count). The summed E-state index contributed by atoms with van der Waals surface area (Å²) in [5.74, 6) is 0. The highest BCUT2D eigenvalue weighted by atomic mass is 16.2. The second-order valence-electron chi connectivity index (χ2n) is 5.87. The Hall–Kier alpha value is -1.55. The molecule has 4 heteroatoms. The van der Waals surface area contributed by atoms with Crippen LogP contribution in [0.3, 0.4) is 0 Å². The van der Waals surface area contributed by atoms with Crippen LogP contribution in [0.2, 0.25) is 0 Å². The van der Waals surface area contributed by atoms with Gasteiger partial charge in [-0.2, -0.15) is 0 Å². The number of hydrogen-bond acceptors (Lipinski definition) is 2. The van der Waals surface area contributed by atoms with Gasteiger partial charge in [-0.25, -0.2) is 4.79 Å². The molecule has 4 nitrogen and oxygen atoms in total. The molecule has 0 radical (unpaired) electrons. The molecule has 0 unspecified atom stereocenters. The number of amides is 2. The lowest BCUT2D eigenvalue weighted by molar-refractivity contribution is 0.163. The lowest BCUT2D eigenvalue weighted by Gasteiger charge is -2.34. The van der Waals surface area contributed by atoms with Crippen LogP contribution in [0.15, 0.2) is 24.3 Å². The number of nitrogens with one attached hydrogen (secondary N) is 2. The molecule has 110 valence electrons. The first-order valence-electron chi connectivity index (χ1n) is 7.43. The molecule has 0 aliphatic carbocycles. The zero-order valence-corrected chi connectivity index (χ0v) is 12.6. The first kappa shape index (κ1) is 14.9. The van der Waals surface area contributed by atoms with Crippen LogP contribution in [0.5, 0.6) is 0 Å². The van der Waals surface area contributed by atoms with Gasteiger partial charge in [0.05, 0.1) is 0 Å². The summed E-state index contributed by atoms with van der Waals surface area (Å²) in [5, 5.41) is 5.97. The van der Waals surface area contributed by atoms with Gasteiger partial charge >= 0.3 is 6.03 Å². The minimum atomic E-state index is -0.0985. The first-order chi connectivity index (χ1) is 9.54.